The molecule has 0 aromatic heterocycles. The van der Waals surface area contributed by atoms with Gasteiger partial charge in [0.25, 0.3) is 0 Å². The highest BCUT2D eigenvalue weighted by Crippen LogP contribution is 2.76. The van der Waals surface area contributed by atoms with Gasteiger partial charge in [-0.3, -0.25) is 0 Å². The molecule has 5 aliphatic carbocycles. The summed E-state index contributed by atoms with van der Waals surface area (Å²) in [5.74, 6) is 5.81. The zero-order chi connectivity index (χ0) is 22.6. The number of hydrogen-bond acceptors (Lipinski definition) is 1. The number of hydrogen-bond donors (Lipinski definition) is 1. The molecule has 176 valence electrons. The minimum absolute atomic E-state index is 0.0331. The van der Waals surface area contributed by atoms with Crippen LogP contribution in [0.1, 0.15) is 107 Å². The van der Waals surface area contributed by atoms with Crippen molar-refractivity contribution in [1.29, 1.82) is 0 Å². The standard InChI is InChI=1S/C30H50O/c1-18(2)20-13-14-28(6)15-16-29(7)23-11-10-22-21(9-12-24(31)27(22,4)5)25(23)19(3)17-30(29,8)26(20)28/h10,18-21,23-26,31H,9,11-17H2,1-8H3. The first-order chi connectivity index (χ1) is 14.4. The lowest BCUT2D eigenvalue weighted by Crippen LogP contribution is -2.64. The van der Waals surface area contributed by atoms with Crippen LogP contribution in [0.3, 0.4) is 0 Å². The third-order valence-electron chi connectivity index (χ3n) is 12.8. The topological polar surface area (TPSA) is 20.2 Å². The van der Waals surface area contributed by atoms with Crippen LogP contribution < -0.4 is 0 Å². The quantitative estimate of drug-likeness (QED) is 0.423. The van der Waals surface area contributed by atoms with Crippen molar-refractivity contribution in [3.63, 3.8) is 0 Å². The molecule has 0 aliphatic heterocycles. The fraction of sp³-hybridized carbons (Fsp3) is 0.933. The second-order valence-corrected chi connectivity index (χ2v) is 14.6. The van der Waals surface area contributed by atoms with E-state index in [0.717, 1.165) is 41.9 Å². The molecule has 5 rings (SSSR count). The second-order valence-electron chi connectivity index (χ2n) is 14.6. The van der Waals surface area contributed by atoms with Gasteiger partial charge in [0.05, 0.1) is 6.10 Å². The summed E-state index contributed by atoms with van der Waals surface area (Å²) in [7, 11) is 0. The highest BCUT2D eigenvalue weighted by molar-refractivity contribution is 5.28. The van der Waals surface area contributed by atoms with E-state index in [-0.39, 0.29) is 11.5 Å². The summed E-state index contributed by atoms with van der Waals surface area (Å²) >= 11 is 0. The Morgan fingerprint density at radius 1 is 0.935 bits per heavy atom. The monoisotopic (exact) mass is 426 g/mol. The van der Waals surface area contributed by atoms with Gasteiger partial charge in [0.1, 0.15) is 0 Å². The Morgan fingerprint density at radius 2 is 1.65 bits per heavy atom. The summed E-state index contributed by atoms with van der Waals surface area (Å²) in [6, 6.07) is 0. The Hall–Kier alpha value is -0.300. The summed E-state index contributed by atoms with van der Waals surface area (Å²) in [6.07, 6.45) is 13.2. The first-order valence-electron chi connectivity index (χ1n) is 13.8. The van der Waals surface area contributed by atoms with Crippen LogP contribution in [0.2, 0.25) is 0 Å². The van der Waals surface area contributed by atoms with Crippen LogP contribution in [0.4, 0.5) is 0 Å². The predicted molar refractivity (Wildman–Crippen MR) is 131 cm³/mol. The normalized spacial score (nSPS) is 55.7. The van der Waals surface area contributed by atoms with Gasteiger partial charge in [-0.15, -0.1) is 0 Å². The maximum absolute atomic E-state index is 10.8. The Morgan fingerprint density at radius 3 is 2.32 bits per heavy atom. The third kappa shape index (κ3) is 2.77. The number of aliphatic hydroxyl groups is 1. The first-order valence-corrected chi connectivity index (χ1v) is 13.8. The van der Waals surface area contributed by atoms with E-state index in [1.165, 1.54) is 44.9 Å². The lowest BCUT2D eigenvalue weighted by molar-refractivity contribution is -0.208. The molecule has 4 fully saturated rings. The summed E-state index contributed by atoms with van der Waals surface area (Å²) in [5.41, 5.74) is 3.10. The molecule has 0 amide bonds. The number of fused-ring (bicyclic) bond motifs is 7. The Kier molecular flexibility index (Phi) is 4.98. The van der Waals surface area contributed by atoms with Gasteiger partial charge in [-0.05, 0) is 109 Å². The molecule has 10 unspecified atom stereocenters. The number of allylic oxidation sites excluding steroid dienone is 1. The molecule has 10 atom stereocenters. The molecular weight excluding hydrogens is 376 g/mol. The SMILES string of the molecule is CC(C)C1CCC2(C)CCC3(C)C4CC=C5C(CCC(O)C5(C)C)C4C(C)CC3(C)C12. The summed E-state index contributed by atoms with van der Waals surface area (Å²) < 4.78 is 0. The molecule has 5 aliphatic rings. The molecule has 1 nitrogen and oxygen atoms in total. The molecule has 4 saturated carbocycles. The van der Waals surface area contributed by atoms with Crippen LogP contribution in [0.5, 0.6) is 0 Å². The van der Waals surface area contributed by atoms with Crippen molar-refractivity contribution < 1.29 is 5.11 Å². The Balaban J connectivity index is 1.58. The van der Waals surface area contributed by atoms with Gasteiger partial charge in [0.15, 0.2) is 0 Å². The minimum atomic E-state index is -0.160. The van der Waals surface area contributed by atoms with Crippen molar-refractivity contribution in [1.82, 2.24) is 0 Å². The van der Waals surface area contributed by atoms with Crippen molar-refractivity contribution >= 4 is 0 Å². The first kappa shape index (κ1) is 22.5. The summed E-state index contributed by atoms with van der Waals surface area (Å²) in [6.45, 7) is 20.4. The average molecular weight is 427 g/mol. The van der Waals surface area contributed by atoms with Crippen molar-refractivity contribution in [3.8, 4) is 0 Å². The van der Waals surface area contributed by atoms with E-state index < -0.39 is 0 Å². The van der Waals surface area contributed by atoms with Crippen molar-refractivity contribution in [2.75, 3.05) is 0 Å². The lowest BCUT2D eigenvalue weighted by Gasteiger charge is -2.70. The molecule has 1 N–H and O–H groups in total. The van der Waals surface area contributed by atoms with Gasteiger partial charge in [-0.25, -0.2) is 0 Å². The van der Waals surface area contributed by atoms with E-state index >= 15 is 0 Å². The molecule has 0 spiro atoms. The molecular formula is C30H50O. The Labute approximate surface area is 192 Å². The fourth-order valence-corrected chi connectivity index (χ4v) is 11.0. The Bertz CT molecular complexity index is 762. The highest BCUT2D eigenvalue weighted by atomic mass is 16.3. The molecule has 0 saturated heterocycles. The van der Waals surface area contributed by atoms with Crippen molar-refractivity contribution in [3.05, 3.63) is 11.6 Å². The van der Waals surface area contributed by atoms with Gasteiger partial charge in [0.2, 0.25) is 0 Å². The van der Waals surface area contributed by atoms with Gasteiger partial charge in [-0.1, -0.05) is 67.0 Å². The number of aliphatic hydroxyl groups excluding tert-OH is 1. The molecule has 0 aromatic rings. The molecule has 31 heavy (non-hydrogen) atoms. The van der Waals surface area contributed by atoms with Crippen LogP contribution in [-0.4, -0.2) is 11.2 Å². The zero-order valence-corrected chi connectivity index (χ0v) is 21.8. The van der Waals surface area contributed by atoms with E-state index in [4.69, 9.17) is 0 Å². The second kappa shape index (κ2) is 6.86. The highest BCUT2D eigenvalue weighted by Gasteiger charge is 2.69. The largest absolute Gasteiger partial charge is 0.392 e. The molecule has 1 heteroatoms. The van der Waals surface area contributed by atoms with Gasteiger partial charge in [0, 0.05) is 5.41 Å². The van der Waals surface area contributed by atoms with Gasteiger partial charge in [-0.2, -0.15) is 0 Å². The van der Waals surface area contributed by atoms with E-state index in [1.54, 1.807) is 5.57 Å². The molecule has 0 radical (unpaired) electrons. The summed E-state index contributed by atoms with van der Waals surface area (Å²) in [4.78, 5) is 0. The molecule has 0 aromatic carbocycles. The van der Waals surface area contributed by atoms with Crippen LogP contribution >= 0.6 is 0 Å². The lowest BCUT2D eigenvalue weighted by atomic mass is 9.34. The predicted octanol–water partition coefficient (Wildman–Crippen LogP) is 7.88. The average Bonchev–Trinajstić information content (AvgIpc) is 3.06. The van der Waals surface area contributed by atoms with E-state index in [9.17, 15) is 5.11 Å². The van der Waals surface area contributed by atoms with E-state index in [0.29, 0.717) is 22.2 Å². The smallest absolute Gasteiger partial charge is 0.0628 e. The minimum Gasteiger partial charge on any atom is -0.392 e. The molecule has 0 bridgehead atoms. The zero-order valence-electron chi connectivity index (χ0n) is 21.8. The van der Waals surface area contributed by atoms with Gasteiger partial charge < -0.3 is 5.11 Å². The maximum Gasteiger partial charge on any atom is 0.0628 e. The van der Waals surface area contributed by atoms with Crippen LogP contribution in [-0.2, 0) is 0 Å². The van der Waals surface area contributed by atoms with Crippen LogP contribution in [0, 0.1) is 63.1 Å². The maximum atomic E-state index is 10.8. The van der Waals surface area contributed by atoms with E-state index in [2.05, 4.69) is 61.5 Å². The fourth-order valence-electron chi connectivity index (χ4n) is 11.0. The van der Waals surface area contributed by atoms with Crippen molar-refractivity contribution in [2.24, 2.45) is 63.1 Å². The van der Waals surface area contributed by atoms with Crippen LogP contribution in [0.25, 0.3) is 0 Å². The van der Waals surface area contributed by atoms with E-state index in [1.807, 2.05) is 0 Å². The summed E-state index contributed by atoms with van der Waals surface area (Å²) in [5, 5.41) is 10.8. The third-order valence-corrected chi connectivity index (χ3v) is 12.8. The van der Waals surface area contributed by atoms with Gasteiger partial charge >= 0.3 is 0 Å². The molecule has 0 heterocycles. The van der Waals surface area contributed by atoms with Crippen LogP contribution in [0.15, 0.2) is 11.6 Å². The van der Waals surface area contributed by atoms with Crippen molar-refractivity contribution in [2.45, 2.75) is 113 Å². The number of rotatable bonds is 1.